The smallest absolute Gasteiger partial charge is 0.315 e. The van der Waals surface area contributed by atoms with E-state index < -0.39 is 22.3 Å². The molecule has 0 aromatic heterocycles. The Bertz CT molecular complexity index is 865. The molecule has 2 aromatic rings. The number of ether oxygens (including phenoxy) is 2. The first kappa shape index (κ1) is 20.7. The minimum atomic E-state index is -0.743. The molecule has 28 heavy (non-hydrogen) atoms. The number of benzene rings is 2. The highest BCUT2D eigenvalue weighted by atomic mass is 16.6. The van der Waals surface area contributed by atoms with E-state index in [0.717, 1.165) is 18.9 Å². The maximum atomic E-state index is 11.8. The average molecular weight is 387 g/mol. The molecule has 148 valence electrons. The summed E-state index contributed by atoms with van der Waals surface area (Å²) in [4.78, 5) is 22.0. The molecule has 0 radical (unpaired) electrons. The van der Waals surface area contributed by atoms with E-state index in [2.05, 4.69) is 17.5 Å². The van der Waals surface area contributed by atoms with Gasteiger partial charge in [-0.25, -0.2) is 5.43 Å². The Morgan fingerprint density at radius 2 is 2.04 bits per heavy atom. The van der Waals surface area contributed by atoms with E-state index >= 15 is 0 Å². The van der Waals surface area contributed by atoms with Crippen LogP contribution >= 0.6 is 0 Å². The van der Waals surface area contributed by atoms with Gasteiger partial charge in [-0.1, -0.05) is 25.5 Å². The molecule has 0 spiro atoms. The number of nitrogens with one attached hydrogen (secondary N) is 1. The minimum absolute atomic E-state index is 0.0724. The molecule has 0 saturated heterocycles. The van der Waals surface area contributed by atoms with Crippen LogP contribution < -0.4 is 14.9 Å². The van der Waals surface area contributed by atoms with E-state index in [1.54, 1.807) is 12.1 Å². The molecular weight excluding hydrogens is 366 g/mol. The molecule has 9 heteroatoms. The van der Waals surface area contributed by atoms with Crippen molar-refractivity contribution >= 4 is 17.8 Å². The molecular formula is C19H21N3O6. The second-order valence-electron chi connectivity index (χ2n) is 5.82. The molecule has 0 heterocycles. The highest BCUT2D eigenvalue weighted by Gasteiger charge is 2.19. The van der Waals surface area contributed by atoms with Crippen LogP contribution in [-0.4, -0.2) is 35.9 Å². The van der Waals surface area contributed by atoms with Gasteiger partial charge < -0.3 is 14.6 Å². The Balaban J connectivity index is 1.92. The van der Waals surface area contributed by atoms with E-state index in [1.807, 2.05) is 12.1 Å². The summed E-state index contributed by atoms with van der Waals surface area (Å²) < 4.78 is 10.3. The molecule has 0 unspecified atom stereocenters. The lowest BCUT2D eigenvalue weighted by molar-refractivity contribution is -0.386. The molecule has 0 aliphatic carbocycles. The summed E-state index contributed by atoms with van der Waals surface area (Å²) >= 11 is 0. The molecule has 2 aromatic carbocycles. The predicted octanol–water partition coefficient (Wildman–Crippen LogP) is 2.79. The van der Waals surface area contributed by atoms with E-state index in [9.17, 15) is 20.0 Å². The van der Waals surface area contributed by atoms with Gasteiger partial charge in [0.2, 0.25) is 5.75 Å². The summed E-state index contributed by atoms with van der Waals surface area (Å²) in [5.74, 6) is -0.573. The lowest BCUT2D eigenvalue weighted by atomic mass is 10.1. The number of phenols is 1. The van der Waals surface area contributed by atoms with Crippen molar-refractivity contribution in [2.75, 3.05) is 13.7 Å². The van der Waals surface area contributed by atoms with Crippen molar-refractivity contribution in [2.45, 2.75) is 19.8 Å². The normalized spacial score (nSPS) is 10.6. The van der Waals surface area contributed by atoms with Gasteiger partial charge in [0.25, 0.3) is 5.91 Å². The number of aryl methyl sites for hydroxylation is 1. The SMILES string of the molecule is CCCc1ccc(OCC(=O)N/N=C/c2cc(OC)c(O)c([N+](=O)[O-])c2)cc1. The molecule has 9 nitrogen and oxygen atoms in total. The fourth-order valence-corrected chi connectivity index (χ4v) is 2.38. The zero-order chi connectivity index (χ0) is 20.5. The fraction of sp³-hybridized carbons (Fsp3) is 0.263. The number of nitro benzene ring substituents is 1. The Labute approximate surface area is 161 Å². The standard InChI is InChI=1S/C19H21N3O6/c1-3-4-13-5-7-15(8-6-13)28-12-18(23)21-20-11-14-9-16(22(25)26)19(24)17(10-14)27-2/h5-11,24H,3-4,12H2,1-2H3,(H,21,23)/b20-11+. The lowest BCUT2D eigenvalue weighted by Gasteiger charge is -2.06. The summed E-state index contributed by atoms with van der Waals surface area (Å²) in [7, 11) is 1.27. The Hall–Kier alpha value is -3.62. The molecule has 0 aliphatic heterocycles. The molecule has 0 saturated carbocycles. The third kappa shape index (κ3) is 5.70. The first-order valence-electron chi connectivity index (χ1n) is 8.53. The molecule has 0 atom stereocenters. The van der Waals surface area contributed by atoms with Crippen LogP contribution in [0.1, 0.15) is 24.5 Å². The van der Waals surface area contributed by atoms with Gasteiger partial charge >= 0.3 is 5.69 Å². The fourth-order valence-electron chi connectivity index (χ4n) is 2.38. The summed E-state index contributed by atoms with van der Waals surface area (Å²) in [5, 5.41) is 24.4. The number of carbonyl (C=O) groups excluding carboxylic acids is 1. The van der Waals surface area contributed by atoms with Crippen molar-refractivity contribution in [1.29, 1.82) is 0 Å². The molecule has 2 N–H and O–H groups in total. The number of hydrogen-bond donors (Lipinski definition) is 2. The van der Waals surface area contributed by atoms with Crippen molar-refractivity contribution in [3.8, 4) is 17.2 Å². The second kappa shape index (κ2) is 9.91. The number of aromatic hydroxyl groups is 1. The van der Waals surface area contributed by atoms with Crippen LogP contribution in [0.2, 0.25) is 0 Å². The van der Waals surface area contributed by atoms with E-state index in [-0.39, 0.29) is 17.9 Å². The number of amides is 1. The number of carbonyl (C=O) groups is 1. The summed E-state index contributed by atoms with van der Waals surface area (Å²) in [6.45, 7) is 1.87. The third-order valence-electron chi connectivity index (χ3n) is 3.73. The number of methoxy groups -OCH3 is 1. The number of nitro groups is 1. The average Bonchev–Trinajstić information content (AvgIpc) is 2.68. The van der Waals surface area contributed by atoms with Crippen LogP contribution in [0, 0.1) is 10.1 Å². The van der Waals surface area contributed by atoms with Crippen LogP contribution in [0.15, 0.2) is 41.5 Å². The first-order valence-corrected chi connectivity index (χ1v) is 8.53. The Morgan fingerprint density at radius 1 is 1.32 bits per heavy atom. The van der Waals surface area contributed by atoms with Crippen LogP contribution in [-0.2, 0) is 11.2 Å². The van der Waals surface area contributed by atoms with Crippen LogP contribution in [0.3, 0.4) is 0 Å². The number of hydrogen-bond acceptors (Lipinski definition) is 7. The van der Waals surface area contributed by atoms with Gasteiger partial charge in [0.05, 0.1) is 18.2 Å². The topological polar surface area (TPSA) is 123 Å². The van der Waals surface area contributed by atoms with Gasteiger partial charge in [-0.05, 0) is 30.2 Å². The zero-order valence-electron chi connectivity index (χ0n) is 15.5. The Kier molecular flexibility index (Phi) is 7.32. The van der Waals surface area contributed by atoms with Crippen LogP contribution in [0.25, 0.3) is 0 Å². The molecule has 0 bridgehead atoms. The van der Waals surface area contributed by atoms with Gasteiger partial charge in [0.15, 0.2) is 12.4 Å². The van der Waals surface area contributed by atoms with Crippen LogP contribution in [0.5, 0.6) is 17.2 Å². The van der Waals surface area contributed by atoms with Gasteiger partial charge in [-0.15, -0.1) is 0 Å². The number of phenolic OH excluding ortho intramolecular Hbond substituents is 1. The van der Waals surface area contributed by atoms with Crippen molar-refractivity contribution in [3.05, 3.63) is 57.6 Å². The third-order valence-corrected chi connectivity index (χ3v) is 3.73. The maximum absolute atomic E-state index is 11.8. The monoisotopic (exact) mass is 387 g/mol. The molecule has 0 aliphatic rings. The quantitative estimate of drug-likeness (QED) is 0.387. The van der Waals surface area contributed by atoms with Crippen molar-refractivity contribution < 1.29 is 24.3 Å². The van der Waals surface area contributed by atoms with Gasteiger partial charge in [0.1, 0.15) is 5.75 Å². The van der Waals surface area contributed by atoms with Crippen molar-refractivity contribution in [2.24, 2.45) is 5.10 Å². The summed E-state index contributed by atoms with van der Waals surface area (Å²) in [5.41, 5.74) is 3.21. The Morgan fingerprint density at radius 3 is 2.64 bits per heavy atom. The van der Waals surface area contributed by atoms with Gasteiger partial charge in [-0.2, -0.15) is 5.10 Å². The second-order valence-corrected chi connectivity index (χ2v) is 5.82. The number of nitrogens with zero attached hydrogens (tertiary/aromatic N) is 2. The van der Waals surface area contributed by atoms with Crippen molar-refractivity contribution in [1.82, 2.24) is 5.43 Å². The maximum Gasteiger partial charge on any atom is 0.315 e. The van der Waals surface area contributed by atoms with E-state index in [4.69, 9.17) is 9.47 Å². The lowest BCUT2D eigenvalue weighted by Crippen LogP contribution is -2.24. The van der Waals surface area contributed by atoms with Gasteiger partial charge in [-0.3, -0.25) is 14.9 Å². The first-order chi connectivity index (χ1) is 13.4. The molecule has 0 fully saturated rings. The highest BCUT2D eigenvalue weighted by Crippen LogP contribution is 2.36. The van der Waals surface area contributed by atoms with Gasteiger partial charge in [0, 0.05) is 11.6 Å². The minimum Gasteiger partial charge on any atom is -0.500 e. The summed E-state index contributed by atoms with van der Waals surface area (Å²) in [6.07, 6.45) is 3.23. The molecule has 1 amide bonds. The van der Waals surface area contributed by atoms with Crippen molar-refractivity contribution in [3.63, 3.8) is 0 Å². The van der Waals surface area contributed by atoms with Crippen LogP contribution in [0.4, 0.5) is 5.69 Å². The largest absolute Gasteiger partial charge is 0.500 e. The zero-order valence-corrected chi connectivity index (χ0v) is 15.5. The predicted molar refractivity (Wildman–Crippen MR) is 103 cm³/mol. The highest BCUT2D eigenvalue weighted by molar-refractivity contribution is 5.85. The van der Waals surface area contributed by atoms with E-state index in [1.165, 1.54) is 25.0 Å². The number of rotatable bonds is 9. The van der Waals surface area contributed by atoms with E-state index in [0.29, 0.717) is 5.75 Å². The molecule has 2 rings (SSSR count). The number of hydrazone groups is 1. The summed E-state index contributed by atoms with van der Waals surface area (Å²) in [6, 6.07) is 9.95.